The molecule has 0 saturated heterocycles. The van der Waals surface area contributed by atoms with Crippen molar-refractivity contribution in [3.63, 3.8) is 0 Å². The third-order valence-electron chi connectivity index (χ3n) is 2.15. The standard InChI is InChI=1S/C11H19N3O2S/c1-2-16-11(15)10(12)8-17-7-3-5-14-6-4-13-9-14/h4,6,9-10H,2-3,5,7-8,12H2,1H3. The molecule has 0 aliphatic rings. The molecule has 0 amide bonds. The van der Waals surface area contributed by atoms with E-state index in [0.717, 1.165) is 18.7 Å². The molecule has 0 aromatic carbocycles. The Morgan fingerprint density at radius 2 is 2.47 bits per heavy atom. The van der Waals surface area contributed by atoms with Gasteiger partial charge in [-0.2, -0.15) is 11.8 Å². The van der Waals surface area contributed by atoms with Crippen molar-refractivity contribution < 1.29 is 9.53 Å². The minimum atomic E-state index is -0.506. The number of esters is 1. The van der Waals surface area contributed by atoms with Crippen molar-refractivity contribution in [1.82, 2.24) is 9.55 Å². The van der Waals surface area contributed by atoms with Gasteiger partial charge in [-0.1, -0.05) is 0 Å². The smallest absolute Gasteiger partial charge is 0.323 e. The average Bonchev–Trinajstić information content (AvgIpc) is 2.81. The van der Waals surface area contributed by atoms with E-state index in [2.05, 4.69) is 4.98 Å². The lowest BCUT2D eigenvalue weighted by atomic mass is 10.4. The number of hydrogen-bond donors (Lipinski definition) is 1. The monoisotopic (exact) mass is 257 g/mol. The Morgan fingerprint density at radius 1 is 1.65 bits per heavy atom. The summed E-state index contributed by atoms with van der Waals surface area (Å²) in [4.78, 5) is 15.2. The third-order valence-corrected chi connectivity index (χ3v) is 3.32. The van der Waals surface area contributed by atoms with Crippen molar-refractivity contribution in [2.45, 2.75) is 25.9 Å². The van der Waals surface area contributed by atoms with Crippen molar-refractivity contribution in [2.24, 2.45) is 5.73 Å². The second kappa shape index (κ2) is 8.14. The van der Waals surface area contributed by atoms with Gasteiger partial charge < -0.3 is 15.0 Å². The maximum absolute atomic E-state index is 11.2. The van der Waals surface area contributed by atoms with Crippen LogP contribution in [0.5, 0.6) is 0 Å². The molecule has 0 spiro atoms. The summed E-state index contributed by atoms with van der Waals surface area (Å²) in [5, 5.41) is 0. The fourth-order valence-corrected chi connectivity index (χ4v) is 2.19. The molecule has 1 aromatic rings. The molecule has 17 heavy (non-hydrogen) atoms. The first-order chi connectivity index (χ1) is 8.24. The van der Waals surface area contributed by atoms with Crippen molar-refractivity contribution >= 4 is 17.7 Å². The molecule has 1 aromatic heterocycles. The minimum Gasteiger partial charge on any atom is -0.465 e. The summed E-state index contributed by atoms with van der Waals surface area (Å²) >= 11 is 1.68. The highest BCUT2D eigenvalue weighted by atomic mass is 32.2. The van der Waals surface area contributed by atoms with Crippen molar-refractivity contribution in [1.29, 1.82) is 0 Å². The van der Waals surface area contributed by atoms with E-state index < -0.39 is 6.04 Å². The highest BCUT2D eigenvalue weighted by molar-refractivity contribution is 7.99. The Balaban J connectivity index is 2.02. The molecule has 0 fully saturated rings. The van der Waals surface area contributed by atoms with Crippen molar-refractivity contribution in [3.05, 3.63) is 18.7 Å². The lowest BCUT2D eigenvalue weighted by molar-refractivity contribution is -0.144. The molecular weight excluding hydrogens is 238 g/mol. The second-order valence-electron chi connectivity index (χ2n) is 3.59. The van der Waals surface area contributed by atoms with Crippen LogP contribution < -0.4 is 5.73 Å². The Hall–Kier alpha value is -1.01. The molecule has 1 rings (SSSR count). The average molecular weight is 257 g/mol. The normalized spacial score (nSPS) is 12.4. The van der Waals surface area contributed by atoms with Crippen LogP contribution in [0.3, 0.4) is 0 Å². The van der Waals surface area contributed by atoms with Crippen LogP contribution >= 0.6 is 11.8 Å². The number of aromatic nitrogens is 2. The van der Waals surface area contributed by atoms with Crippen LogP contribution in [0.25, 0.3) is 0 Å². The fourth-order valence-electron chi connectivity index (χ4n) is 1.30. The summed E-state index contributed by atoms with van der Waals surface area (Å²) in [7, 11) is 0. The molecule has 0 aliphatic heterocycles. The topological polar surface area (TPSA) is 70.1 Å². The van der Waals surface area contributed by atoms with Crippen LogP contribution in [-0.4, -0.2) is 39.7 Å². The van der Waals surface area contributed by atoms with Gasteiger partial charge in [-0.3, -0.25) is 4.79 Å². The van der Waals surface area contributed by atoms with E-state index in [4.69, 9.17) is 10.5 Å². The van der Waals surface area contributed by atoms with E-state index in [0.29, 0.717) is 12.4 Å². The molecule has 5 nitrogen and oxygen atoms in total. The van der Waals surface area contributed by atoms with E-state index in [1.807, 2.05) is 10.8 Å². The number of imidazole rings is 1. The van der Waals surface area contributed by atoms with E-state index in [-0.39, 0.29) is 5.97 Å². The van der Waals surface area contributed by atoms with Gasteiger partial charge in [0, 0.05) is 24.7 Å². The Labute approximate surface area is 106 Å². The molecule has 0 radical (unpaired) electrons. The van der Waals surface area contributed by atoms with E-state index in [1.54, 1.807) is 31.2 Å². The van der Waals surface area contributed by atoms with Crippen LogP contribution in [0, 0.1) is 0 Å². The number of nitrogens with zero attached hydrogens (tertiary/aromatic N) is 2. The molecule has 0 saturated carbocycles. The van der Waals surface area contributed by atoms with Crippen LogP contribution in [0.15, 0.2) is 18.7 Å². The Bertz CT molecular complexity index is 317. The number of carbonyl (C=O) groups excluding carboxylic acids is 1. The number of carbonyl (C=O) groups is 1. The molecule has 0 bridgehead atoms. The quantitative estimate of drug-likeness (QED) is 0.553. The molecule has 2 N–H and O–H groups in total. The molecule has 1 unspecified atom stereocenters. The van der Waals surface area contributed by atoms with Gasteiger partial charge in [-0.15, -0.1) is 0 Å². The van der Waals surface area contributed by atoms with E-state index >= 15 is 0 Å². The molecule has 1 atom stereocenters. The van der Waals surface area contributed by atoms with Crippen molar-refractivity contribution in [2.75, 3.05) is 18.1 Å². The first-order valence-electron chi connectivity index (χ1n) is 5.69. The zero-order chi connectivity index (χ0) is 12.5. The molecule has 6 heteroatoms. The predicted molar refractivity (Wildman–Crippen MR) is 68.8 cm³/mol. The van der Waals surface area contributed by atoms with Crippen molar-refractivity contribution in [3.8, 4) is 0 Å². The summed E-state index contributed by atoms with van der Waals surface area (Å²) in [6.07, 6.45) is 6.55. The summed E-state index contributed by atoms with van der Waals surface area (Å²) in [6.45, 7) is 3.11. The van der Waals surface area contributed by atoms with Crippen LogP contribution in [-0.2, 0) is 16.1 Å². The van der Waals surface area contributed by atoms with Gasteiger partial charge in [0.1, 0.15) is 6.04 Å². The molecule has 96 valence electrons. The summed E-state index contributed by atoms with van der Waals surface area (Å²) in [6, 6.07) is -0.506. The first-order valence-corrected chi connectivity index (χ1v) is 6.85. The van der Waals surface area contributed by atoms with E-state index in [9.17, 15) is 4.79 Å². The second-order valence-corrected chi connectivity index (χ2v) is 4.74. The van der Waals surface area contributed by atoms with Crippen LogP contribution in [0.4, 0.5) is 0 Å². The van der Waals surface area contributed by atoms with Gasteiger partial charge >= 0.3 is 5.97 Å². The van der Waals surface area contributed by atoms with Gasteiger partial charge in [0.2, 0.25) is 0 Å². The van der Waals surface area contributed by atoms with Gasteiger partial charge in [0.25, 0.3) is 0 Å². The zero-order valence-corrected chi connectivity index (χ0v) is 10.9. The number of nitrogens with two attached hydrogens (primary N) is 1. The maximum Gasteiger partial charge on any atom is 0.323 e. The number of ether oxygens (including phenoxy) is 1. The summed E-state index contributed by atoms with van der Waals surface area (Å²) in [5.74, 6) is 1.28. The zero-order valence-electron chi connectivity index (χ0n) is 10.0. The number of thioether (sulfide) groups is 1. The van der Waals surface area contributed by atoms with Crippen LogP contribution in [0.2, 0.25) is 0 Å². The molecular formula is C11H19N3O2S. The third kappa shape index (κ3) is 5.74. The Kier molecular flexibility index (Phi) is 6.73. The van der Waals surface area contributed by atoms with Gasteiger partial charge in [-0.05, 0) is 19.1 Å². The SMILES string of the molecule is CCOC(=O)C(N)CSCCCn1ccnc1. The lowest BCUT2D eigenvalue weighted by Gasteiger charge is -2.09. The van der Waals surface area contributed by atoms with Crippen LogP contribution in [0.1, 0.15) is 13.3 Å². The van der Waals surface area contributed by atoms with E-state index in [1.165, 1.54) is 0 Å². The lowest BCUT2D eigenvalue weighted by Crippen LogP contribution is -2.34. The highest BCUT2D eigenvalue weighted by Gasteiger charge is 2.13. The summed E-state index contributed by atoms with van der Waals surface area (Å²) in [5.41, 5.74) is 5.67. The minimum absolute atomic E-state index is 0.311. The summed E-state index contributed by atoms with van der Waals surface area (Å²) < 4.78 is 6.86. The fraction of sp³-hybridized carbons (Fsp3) is 0.636. The molecule has 1 heterocycles. The first kappa shape index (κ1) is 14.1. The number of hydrogen-bond acceptors (Lipinski definition) is 5. The maximum atomic E-state index is 11.2. The highest BCUT2D eigenvalue weighted by Crippen LogP contribution is 2.06. The number of aryl methyl sites for hydroxylation is 1. The predicted octanol–water partition coefficient (Wildman–Crippen LogP) is 0.897. The van der Waals surface area contributed by atoms with Gasteiger partial charge in [0.15, 0.2) is 0 Å². The number of rotatable bonds is 8. The molecule has 0 aliphatic carbocycles. The Morgan fingerprint density at radius 3 is 3.12 bits per heavy atom. The van der Waals surface area contributed by atoms with Gasteiger partial charge in [-0.25, -0.2) is 4.98 Å². The van der Waals surface area contributed by atoms with Gasteiger partial charge in [0.05, 0.1) is 12.9 Å². The largest absolute Gasteiger partial charge is 0.465 e.